The van der Waals surface area contributed by atoms with Gasteiger partial charge in [0.25, 0.3) is 5.91 Å². The predicted octanol–water partition coefficient (Wildman–Crippen LogP) is 0.863. The molecule has 0 unspecified atom stereocenters. The van der Waals surface area contributed by atoms with Crippen molar-refractivity contribution in [3.63, 3.8) is 0 Å². The number of hydrogen-bond donors (Lipinski definition) is 4. The molecule has 1 aromatic carbocycles. The fourth-order valence-corrected chi connectivity index (χ4v) is 5.44. The van der Waals surface area contributed by atoms with Crippen molar-refractivity contribution in [2.24, 2.45) is 5.92 Å². The Hall–Kier alpha value is -5.67. The lowest BCUT2D eigenvalue weighted by molar-refractivity contribution is -0.132. The first-order valence-electron chi connectivity index (χ1n) is 16.2. The molecule has 49 heavy (non-hydrogen) atoms. The van der Waals surface area contributed by atoms with Crippen molar-refractivity contribution in [1.29, 1.82) is 0 Å². The summed E-state index contributed by atoms with van der Waals surface area (Å²) < 4.78 is 3.04. The molecule has 4 aromatic rings. The van der Waals surface area contributed by atoms with Crippen molar-refractivity contribution in [2.45, 2.75) is 65.2 Å². The zero-order valence-electron chi connectivity index (χ0n) is 27.9. The molecule has 258 valence electrons. The Morgan fingerprint density at radius 2 is 1.69 bits per heavy atom. The van der Waals surface area contributed by atoms with Crippen LogP contribution in [0.15, 0.2) is 55.0 Å². The summed E-state index contributed by atoms with van der Waals surface area (Å²) in [5.41, 5.74) is 0.826. The van der Waals surface area contributed by atoms with Crippen molar-refractivity contribution < 1.29 is 24.0 Å². The normalized spacial score (nSPS) is 20.3. The molecule has 16 heteroatoms. The minimum absolute atomic E-state index is 0.0456. The second kappa shape index (κ2) is 15.5. The van der Waals surface area contributed by atoms with E-state index >= 15 is 0 Å². The van der Waals surface area contributed by atoms with E-state index in [4.69, 9.17) is 0 Å². The van der Waals surface area contributed by atoms with Gasteiger partial charge in [-0.2, -0.15) is 5.10 Å². The van der Waals surface area contributed by atoms with Gasteiger partial charge in [0.2, 0.25) is 29.4 Å². The molecule has 0 saturated heterocycles. The van der Waals surface area contributed by atoms with Crippen molar-refractivity contribution in [1.82, 2.24) is 55.3 Å². The first-order valence-corrected chi connectivity index (χ1v) is 16.2. The zero-order chi connectivity index (χ0) is 35.1. The van der Waals surface area contributed by atoms with Crippen LogP contribution in [0.1, 0.15) is 62.9 Å². The quantitative estimate of drug-likeness (QED) is 0.243. The number of nitrogens with zero attached hydrogens (tertiary/aromatic N) is 7. The van der Waals surface area contributed by atoms with E-state index in [2.05, 4.69) is 41.3 Å². The molecule has 0 spiro atoms. The Morgan fingerprint density at radius 3 is 2.43 bits per heavy atom. The van der Waals surface area contributed by atoms with Crippen LogP contribution in [-0.2, 0) is 25.7 Å². The van der Waals surface area contributed by atoms with E-state index < -0.39 is 41.8 Å². The van der Waals surface area contributed by atoms with Gasteiger partial charge in [-0.1, -0.05) is 44.2 Å². The number of hydrogen-bond acceptors (Lipinski definition) is 9. The van der Waals surface area contributed by atoms with Crippen LogP contribution in [0.3, 0.4) is 0 Å². The highest BCUT2D eigenvalue weighted by atomic mass is 16.2. The van der Waals surface area contributed by atoms with Crippen LogP contribution in [0.5, 0.6) is 0 Å². The molecule has 3 aromatic heterocycles. The van der Waals surface area contributed by atoms with Gasteiger partial charge in [-0.15, -0.1) is 0 Å². The maximum atomic E-state index is 13.6. The topological polar surface area (TPSA) is 198 Å². The van der Waals surface area contributed by atoms with E-state index in [1.165, 1.54) is 22.7 Å². The largest absolute Gasteiger partial charge is 0.354 e. The molecule has 1 aliphatic rings. The third-order valence-electron chi connectivity index (χ3n) is 7.89. The number of fused-ring (bicyclic) bond motifs is 2. The molecule has 0 fully saturated rings. The van der Waals surface area contributed by atoms with Gasteiger partial charge >= 0.3 is 0 Å². The van der Waals surface area contributed by atoms with Gasteiger partial charge < -0.3 is 26.2 Å². The number of rotatable bonds is 4. The van der Waals surface area contributed by atoms with Gasteiger partial charge in [-0.3, -0.25) is 28.4 Å². The highest BCUT2D eigenvalue weighted by molar-refractivity contribution is 5.96. The SMILES string of the molecule is CC(C)C[C@H]1NC(=O)[C@@H](C)NC(=O)CN(C(=O)c2cn3cccnc3n2)CCCNC(=O)Cn2nc(-c3ccccc3)nc2[C@H](C)NC1=O. The van der Waals surface area contributed by atoms with Crippen molar-refractivity contribution in [3.05, 3.63) is 66.5 Å². The highest BCUT2D eigenvalue weighted by Crippen LogP contribution is 2.19. The summed E-state index contributed by atoms with van der Waals surface area (Å²) >= 11 is 0. The number of nitrogens with one attached hydrogen (secondary N) is 4. The Bertz CT molecular complexity index is 1790. The molecular formula is C33H41N11O5. The summed E-state index contributed by atoms with van der Waals surface area (Å²) in [5.74, 6) is -1.36. The molecule has 4 heterocycles. The third-order valence-corrected chi connectivity index (χ3v) is 7.89. The fraction of sp³-hybridized carbons (Fsp3) is 0.424. The van der Waals surface area contributed by atoms with Gasteiger partial charge in [0, 0.05) is 37.2 Å². The van der Waals surface area contributed by atoms with Crippen LogP contribution in [0.2, 0.25) is 0 Å². The predicted molar refractivity (Wildman–Crippen MR) is 178 cm³/mol. The maximum Gasteiger partial charge on any atom is 0.274 e. The van der Waals surface area contributed by atoms with E-state index in [-0.39, 0.29) is 43.7 Å². The van der Waals surface area contributed by atoms with Gasteiger partial charge in [0.05, 0.1) is 12.6 Å². The van der Waals surface area contributed by atoms with Crippen molar-refractivity contribution in [2.75, 3.05) is 19.6 Å². The van der Waals surface area contributed by atoms with E-state index in [1.807, 2.05) is 44.2 Å². The molecule has 16 nitrogen and oxygen atoms in total. The first-order chi connectivity index (χ1) is 23.5. The van der Waals surface area contributed by atoms with E-state index in [1.54, 1.807) is 29.8 Å². The molecule has 5 rings (SSSR count). The number of carbonyl (C=O) groups excluding carboxylic acids is 5. The highest BCUT2D eigenvalue weighted by Gasteiger charge is 2.29. The van der Waals surface area contributed by atoms with Gasteiger partial charge in [0.15, 0.2) is 5.82 Å². The minimum atomic E-state index is -1.01. The Kier molecular flexibility index (Phi) is 11.0. The Morgan fingerprint density at radius 1 is 0.918 bits per heavy atom. The van der Waals surface area contributed by atoms with Crippen LogP contribution >= 0.6 is 0 Å². The average Bonchev–Trinajstić information content (AvgIpc) is 3.70. The lowest BCUT2D eigenvalue weighted by Crippen LogP contribution is -2.54. The molecular weight excluding hydrogens is 630 g/mol. The minimum Gasteiger partial charge on any atom is -0.354 e. The molecule has 0 aliphatic carbocycles. The molecule has 1 aliphatic heterocycles. The fourth-order valence-electron chi connectivity index (χ4n) is 5.44. The summed E-state index contributed by atoms with van der Waals surface area (Å²) in [5, 5.41) is 15.8. The number of imidazole rings is 1. The van der Waals surface area contributed by atoms with Gasteiger partial charge in [-0.25, -0.2) is 19.6 Å². The maximum absolute atomic E-state index is 13.6. The molecule has 3 atom stereocenters. The Labute approximate surface area is 283 Å². The molecule has 0 radical (unpaired) electrons. The van der Waals surface area contributed by atoms with Crippen molar-refractivity contribution >= 4 is 35.3 Å². The van der Waals surface area contributed by atoms with Crippen LogP contribution in [0, 0.1) is 5.92 Å². The van der Waals surface area contributed by atoms with Crippen LogP contribution in [0.4, 0.5) is 0 Å². The average molecular weight is 672 g/mol. The van der Waals surface area contributed by atoms with Gasteiger partial charge in [-0.05, 0) is 38.7 Å². The number of amides is 5. The standard InChI is InChI=1S/C33H41N11O5/c1-20(2)16-24-31(48)37-21(3)29-40-28(23-10-6-5-7-11-23)41-44(29)19-26(45)34-12-8-14-42(18-27(46)36-22(4)30(47)38-24)32(49)25-17-43-15-9-13-35-33(43)39-25/h5-7,9-11,13,15,17,20-22,24H,8,12,14,16,18-19H2,1-4H3,(H,34,45)(H,36,46)(H,37,48)(H,38,47)/t21-,22+,24+/m0/s1. The van der Waals surface area contributed by atoms with Crippen LogP contribution in [-0.4, -0.2) is 95.3 Å². The summed E-state index contributed by atoms with van der Waals surface area (Å²) in [7, 11) is 0. The lowest BCUT2D eigenvalue weighted by atomic mass is 10.0. The monoisotopic (exact) mass is 671 g/mol. The van der Waals surface area contributed by atoms with E-state index in [0.717, 1.165) is 5.56 Å². The second-order valence-corrected chi connectivity index (χ2v) is 12.4. The number of aromatic nitrogens is 6. The second-order valence-electron chi connectivity index (χ2n) is 12.4. The summed E-state index contributed by atoms with van der Waals surface area (Å²) in [6.45, 7) is 6.83. The van der Waals surface area contributed by atoms with E-state index in [9.17, 15) is 24.0 Å². The molecule has 4 N–H and O–H groups in total. The third kappa shape index (κ3) is 8.82. The zero-order valence-corrected chi connectivity index (χ0v) is 27.9. The van der Waals surface area contributed by atoms with Crippen LogP contribution in [0.25, 0.3) is 17.2 Å². The molecule has 5 amide bonds. The number of carbonyl (C=O) groups is 5. The first kappa shape index (κ1) is 34.7. The van der Waals surface area contributed by atoms with E-state index in [0.29, 0.717) is 30.3 Å². The summed E-state index contributed by atoms with van der Waals surface area (Å²) in [6.07, 6.45) is 5.42. The number of benzene rings is 1. The van der Waals surface area contributed by atoms with Crippen molar-refractivity contribution in [3.8, 4) is 11.4 Å². The van der Waals surface area contributed by atoms with Crippen LogP contribution < -0.4 is 21.3 Å². The summed E-state index contributed by atoms with van der Waals surface area (Å²) in [6, 6.07) is 8.36. The van der Waals surface area contributed by atoms with Gasteiger partial charge in [0.1, 0.15) is 30.1 Å². The Balaban J connectivity index is 1.42. The lowest BCUT2D eigenvalue weighted by Gasteiger charge is -2.25. The molecule has 0 saturated carbocycles. The smallest absolute Gasteiger partial charge is 0.274 e. The summed E-state index contributed by atoms with van der Waals surface area (Å²) in [4.78, 5) is 81.1. The molecule has 0 bridgehead atoms.